The molecule has 0 unspecified atom stereocenters. The van der Waals surface area contributed by atoms with Crippen LogP contribution < -0.4 is 0 Å². The van der Waals surface area contributed by atoms with Crippen molar-refractivity contribution in [2.45, 2.75) is 32.5 Å². The molecule has 0 saturated heterocycles. The molecule has 1 rings (SSSR count). The van der Waals surface area contributed by atoms with E-state index in [0.29, 0.717) is 0 Å². The molecular weight excluding hydrogens is 82.9 g/mol. The summed E-state index contributed by atoms with van der Waals surface area (Å²) in [7, 11) is 2.30. The molecule has 1 heteroatoms. The Morgan fingerprint density at radius 1 is 1.57 bits per heavy atom. The van der Waals surface area contributed by atoms with Gasteiger partial charge in [-0.3, -0.25) is 0 Å². The summed E-state index contributed by atoms with van der Waals surface area (Å²) in [6.45, 7) is 2.30. The number of hydrogen-bond acceptors (Lipinski definition) is 0. The van der Waals surface area contributed by atoms with Crippen molar-refractivity contribution < 1.29 is 0 Å². The number of rotatable bonds is 2. The molecule has 7 heavy (non-hydrogen) atoms. The highest BCUT2D eigenvalue weighted by Gasteiger charge is 2.37. The van der Waals surface area contributed by atoms with Crippen LogP contribution in [0.4, 0.5) is 0 Å². The van der Waals surface area contributed by atoms with Gasteiger partial charge in [-0.2, -0.15) is 0 Å². The van der Waals surface area contributed by atoms with Gasteiger partial charge in [0.2, 0.25) is 0 Å². The van der Waals surface area contributed by atoms with Crippen molar-refractivity contribution in [1.29, 1.82) is 0 Å². The van der Waals surface area contributed by atoms with E-state index in [0.717, 1.165) is 5.41 Å². The Kier molecular flexibility index (Phi) is 1.14. The largest absolute Gasteiger partial charge is 0.102 e. The van der Waals surface area contributed by atoms with Gasteiger partial charge in [0, 0.05) is 0 Å². The second-order valence-electron chi connectivity index (χ2n) is 2.71. The summed E-state index contributed by atoms with van der Waals surface area (Å²) in [4.78, 5) is 0. The fourth-order valence-corrected chi connectivity index (χ4v) is 1.13. The summed E-state index contributed by atoms with van der Waals surface area (Å²) in [6, 6.07) is 0. The molecule has 0 radical (unpaired) electrons. The van der Waals surface area contributed by atoms with Crippen LogP contribution in [0.25, 0.3) is 0 Å². The topological polar surface area (TPSA) is 0 Å². The summed E-state index contributed by atoms with van der Waals surface area (Å²) in [6.07, 6.45) is 5.81. The molecule has 0 bridgehead atoms. The van der Waals surface area contributed by atoms with E-state index in [4.69, 9.17) is 0 Å². The van der Waals surface area contributed by atoms with Crippen LogP contribution in [0.2, 0.25) is 6.32 Å². The Bertz CT molecular complexity index is 58.6. The van der Waals surface area contributed by atoms with Crippen LogP contribution in [0.3, 0.4) is 0 Å². The summed E-state index contributed by atoms with van der Waals surface area (Å²) >= 11 is 0. The summed E-state index contributed by atoms with van der Waals surface area (Å²) in [5.41, 5.74) is 0.833. The number of hydrogen-bond donors (Lipinski definition) is 0. The van der Waals surface area contributed by atoms with Crippen molar-refractivity contribution >= 4 is 7.85 Å². The normalized spacial score (nSPS) is 24.7. The van der Waals surface area contributed by atoms with E-state index in [1.807, 2.05) is 0 Å². The zero-order valence-corrected chi connectivity index (χ0v) is 5.33. The highest BCUT2D eigenvalue weighted by Crippen LogP contribution is 2.51. The lowest BCUT2D eigenvalue weighted by atomic mass is 9.87. The second-order valence-corrected chi connectivity index (χ2v) is 2.71. The predicted molar refractivity (Wildman–Crippen MR) is 35.3 cm³/mol. The molecule has 0 aliphatic heterocycles. The monoisotopic (exact) mass is 96.1 g/mol. The predicted octanol–water partition coefficient (Wildman–Crippen LogP) is 1.23. The molecule has 1 saturated carbocycles. The van der Waals surface area contributed by atoms with Crippen LogP contribution in [-0.4, -0.2) is 7.85 Å². The highest BCUT2D eigenvalue weighted by molar-refractivity contribution is 6.09. The van der Waals surface area contributed by atoms with Crippen molar-refractivity contribution in [2.24, 2.45) is 5.41 Å². The molecular formula is C6H13B. The maximum atomic E-state index is 2.30. The van der Waals surface area contributed by atoms with E-state index >= 15 is 0 Å². The van der Waals surface area contributed by atoms with E-state index in [1.54, 1.807) is 0 Å². The zero-order valence-electron chi connectivity index (χ0n) is 5.33. The van der Waals surface area contributed by atoms with Gasteiger partial charge in [-0.25, -0.2) is 0 Å². The average molecular weight is 96.0 g/mol. The lowest BCUT2D eigenvalue weighted by Crippen LogP contribution is -1.94. The van der Waals surface area contributed by atoms with Crippen molar-refractivity contribution in [1.82, 2.24) is 0 Å². The first kappa shape index (κ1) is 5.21. The van der Waals surface area contributed by atoms with E-state index in [-0.39, 0.29) is 0 Å². The summed E-state index contributed by atoms with van der Waals surface area (Å²) < 4.78 is 0. The first-order valence-electron chi connectivity index (χ1n) is 3.33. The molecule has 0 heterocycles. The fraction of sp³-hybridized carbons (Fsp3) is 1.00. The minimum absolute atomic E-state index is 0.833. The van der Waals surface area contributed by atoms with E-state index in [1.165, 1.54) is 25.6 Å². The van der Waals surface area contributed by atoms with Gasteiger partial charge < -0.3 is 0 Å². The van der Waals surface area contributed by atoms with Gasteiger partial charge >= 0.3 is 0 Å². The van der Waals surface area contributed by atoms with Crippen LogP contribution in [0.5, 0.6) is 0 Å². The Labute approximate surface area is 46.7 Å². The Morgan fingerprint density at radius 2 is 2.14 bits per heavy atom. The molecule has 40 valence electrons. The van der Waals surface area contributed by atoms with Crippen LogP contribution in [0.15, 0.2) is 0 Å². The minimum atomic E-state index is 0.833. The van der Waals surface area contributed by atoms with Crippen LogP contribution in [0, 0.1) is 5.41 Å². The Morgan fingerprint density at radius 3 is 2.14 bits per heavy atom. The lowest BCUT2D eigenvalue weighted by molar-refractivity contribution is 0.551. The third kappa shape index (κ3) is 0.819. The van der Waals surface area contributed by atoms with E-state index in [2.05, 4.69) is 14.8 Å². The van der Waals surface area contributed by atoms with Gasteiger partial charge in [0.05, 0.1) is 0 Å². The van der Waals surface area contributed by atoms with Gasteiger partial charge in [0.15, 0.2) is 0 Å². The summed E-state index contributed by atoms with van der Waals surface area (Å²) in [5.74, 6) is 0. The molecule has 1 aliphatic rings. The van der Waals surface area contributed by atoms with Crippen molar-refractivity contribution in [3.05, 3.63) is 0 Å². The van der Waals surface area contributed by atoms with Crippen LogP contribution in [-0.2, 0) is 0 Å². The molecule has 1 aliphatic carbocycles. The van der Waals surface area contributed by atoms with Crippen molar-refractivity contribution in [3.8, 4) is 0 Å². The molecule has 0 aromatic heterocycles. The molecule has 1 fully saturated rings. The van der Waals surface area contributed by atoms with Crippen LogP contribution in [0.1, 0.15) is 26.2 Å². The molecule has 0 aromatic carbocycles. The first-order valence-corrected chi connectivity index (χ1v) is 3.33. The first-order chi connectivity index (χ1) is 3.33. The molecule has 0 N–H and O–H groups in total. The second kappa shape index (κ2) is 1.54. The maximum Gasteiger partial charge on any atom is 0.102 e. The smallest absolute Gasteiger partial charge is 0.0755 e. The van der Waals surface area contributed by atoms with Gasteiger partial charge in [-0.1, -0.05) is 19.7 Å². The molecule has 0 spiro atoms. The maximum absolute atomic E-state index is 2.30. The van der Waals surface area contributed by atoms with Gasteiger partial charge in [0.1, 0.15) is 7.85 Å². The molecule has 0 atom stereocenters. The molecule has 0 nitrogen and oxygen atoms in total. The Hall–Kier alpha value is 0.0649. The van der Waals surface area contributed by atoms with Crippen molar-refractivity contribution in [2.75, 3.05) is 0 Å². The van der Waals surface area contributed by atoms with E-state index in [9.17, 15) is 0 Å². The summed E-state index contributed by atoms with van der Waals surface area (Å²) in [5, 5.41) is 0. The molecule has 0 amide bonds. The average Bonchev–Trinajstić information content (AvgIpc) is 2.46. The zero-order chi connectivity index (χ0) is 5.33. The third-order valence-corrected chi connectivity index (χ3v) is 2.46. The van der Waals surface area contributed by atoms with Crippen molar-refractivity contribution in [3.63, 3.8) is 0 Å². The minimum Gasteiger partial charge on any atom is -0.0755 e. The lowest BCUT2D eigenvalue weighted by Gasteiger charge is -2.04. The quantitative estimate of drug-likeness (QED) is 0.453. The van der Waals surface area contributed by atoms with Gasteiger partial charge in [-0.05, 0) is 18.3 Å². The third-order valence-electron chi connectivity index (χ3n) is 2.46. The Balaban J connectivity index is 2.28. The fourth-order valence-electron chi connectivity index (χ4n) is 1.13. The highest BCUT2D eigenvalue weighted by atomic mass is 14.4. The van der Waals surface area contributed by atoms with Gasteiger partial charge in [0.25, 0.3) is 0 Å². The standard InChI is InChI=1S/C6H13B/c1-2-6(5-7)3-4-6/h2-5,7H2,1H3. The van der Waals surface area contributed by atoms with Gasteiger partial charge in [-0.15, -0.1) is 0 Å². The van der Waals surface area contributed by atoms with E-state index < -0.39 is 0 Å². The van der Waals surface area contributed by atoms with Crippen LogP contribution >= 0.6 is 0 Å². The molecule has 0 aromatic rings. The SMILES string of the molecule is BCC1(CC)CC1.